The second kappa shape index (κ2) is 5.53. The molecule has 0 bridgehead atoms. The molecule has 3 nitrogen and oxygen atoms in total. The van der Waals surface area contributed by atoms with Gasteiger partial charge in [0, 0.05) is 6.54 Å². The summed E-state index contributed by atoms with van der Waals surface area (Å²) in [6.45, 7) is 2.99. The van der Waals surface area contributed by atoms with Crippen LogP contribution in [0.15, 0.2) is 30.3 Å². The smallest absolute Gasteiger partial charge is 0.325 e. The molecule has 0 heterocycles. The molecule has 0 amide bonds. The Kier molecular flexibility index (Phi) is 4.02. The van der Waals surface area contributed by atoms with Gasteiger partial charge >= 0.3 is 5.97 Å². The van der Waals surface area contributed by atoms with Crippen molar-refractivity contribution in [2.24, 2.45) is 5.41 Å². The summed E-state index contributed by atoms with van der Waals surface area (Å²) in [7, 11) is 0. The first-order valence-corrected chi connectivity index (χ1v) is 6.68. The average molecular weight is 247 g/mol. The summed E-state index contributed by atoms with van der Waals surface area (Å²) in [5.41, 5.74) is 1.17. The fourth-order valence-corrected chi connectivity index (χ4v) is 2.64. The highest BCUT2D eigenvalue weighted by Gasteiger charge is 2.36. The Labute approximate surface area is 108 Å². The number of aliphatic carboxylic acids is 1. The topological polar surface area (TPSA) is 49.3 Å². The van der Waals surface area contributed by atoms with Crippen LogP contribution in [0.25, 0.3) is 0 Å². The molecule has 1 aliphatic rings. The van der Waals surface area contributed by atoms with Crippen molar-refractivity contribution < 1.29 is 9.90 Å². The summed E-state index contributed by atoms with van der Waals surface area (Å²) in [5.74, 6) is -0.799. The molecule has 1 aliphatic carbocycles. The molecule has 0 spiro atoms. The van der Waals surface area contributed by atoms with E-state index >= 15 is 0 Å². The predicted molar refractivity (Wildman–Crippen MR) is 71.4 cm³/mol. The van der Waals surface area contributed by atoms with Crippen molar-refractivity contribution in [2.45, 2.75) is 38.6 Å². The van der Waals surface area contributed by atoms with Crippen molar-refractivity contribution in [3.05, 3.63) is 35.9 Å². The van der Waals surface area contributed by atoms with Gasteiger partial charge in [-0.2, -0.15) is 0 Å². The van der Waals surface area contributed by atoms with E-state index in [0.717, 1.165) is 18.5 Å². The van der Waals surface area contributed by atoms with E-state index in [0.29, 0.717) is 5.41 Å². The Morgan fingerprint density at radius 1 is 1.39 bits per heavy atom. The highest BCUT2D eigenvalue weighted by Crippen LogP contribution is 2.43. The van der Waals surface area contributed by atoms with Crippen LogP contribution in [-0.4, -0.2) is 17.6 Å². The molecule has 0 aliphatic heterocycles. The maximum Gasteiger partial charge on any atom is 0.325 e. The van der Waals surface area contributed by atoms with E-state index in [1.807, 2.05) is 30.3 Å². The van der Waals surface area contributed by atoms with Crippen LogP contribution in [0, 0.1) is 5.41 Å². The molecular weight excluding hydrogens is 226 g/mol. The molecule has 3 heteroatoms. The molecule has 1 unspecified atom stereocenters. The molecular formula is C15H21NO2. The normalized spacial score (nSPS) is 18.9. The number of hydrogen-bond donors (Lipinski definition) is 2. The minimum atomic E-state index is -0.799. The zero-order valence-electron chi connectivity index (χ0n) is 10.9. The number of hydrogen-bond acceptors (Lipinski definition) is 2. The molecule has 18 heavy (non-hydrogen) atoms. The zero-order chi connectivity index (χ0) is 13.0. The van der Waals surface area contributed by atoms with Crippen molar-refractivity contribution in [3.8, 4) is 0 Å². The van der Waals surface area contributed by atoms with E-state index in [2.05, 4.69) is 12.2 Å². The Morgan fingerprint density at radius 3 is 2.50 bits per heavy atom. The molecule has 2 N–H and O–H groups in total. The second-order valence-corrected chi connectivity index (χ2v) is 5.27. The minimum Gasteiger partial charge on any atom is -0.480 e. The summed E-state index contributed by atoms with van der Waals surface area (Å²) in [4.78, 5) is 11.3. The van der Waals surface area contributed by atoms with Gasteiger partial charge in [-0.05, 0) is 30.2 Å². The van der Waals surface area contributed by atoms with Gasteiger partial charge in [-0.25, -0.2) is 0 Å². The van der Waals surface area contributed by atoms with Crippen LogP contribution in [0.4, 0.5) is 0 Å². The van der Waals surface area contributed by atoms with Crippen LogP contribution in [0.5, 0.6) is 0 Å². The summed E-state index contributed by atoms with van der Waals surface area (Å²) >= 11 is 0. The largest absolute Gasteiger partial charge is 0.480 e. The summed E-state index contributed by atoms with van der Waals surface area (Å²) in [5, 5.41) is 12.6. The fourth-order valence-electron chi connectivity index (χ4n) is 2.64. The third-order valence-electron chi connectivity index (χ3n) is 4.23. The van der Waals surface area contributed by atoms with Crippen LogP contribution in [0.1, 0.15) is 44.2 Å². The highest BCUT2D eigenvalue weighted by atomic mass is 16.4. The molecule has 98 valence electrons. The lowest BCUT2D eigenvalue weighted by atomic mass is 9.67. The first-order valence-electron chi connectivity index (χ1n) is 6.68. The molecule has 1 aromatic rings. The van der Waals surface area contributed by atoms with Crippen LogP contribution in [0.3, 0.4) is 0 Å². The van der Waals surface area contributed by atoms with Gasteiger partial charge in [-0.1, -0.05) is 43.7 Å². The van der Waals surface area contributed by atoms with Gasteiger partial charge in [0.2, 0.25) is 0 Å². The van der Waals surface area contributed by atoms with E-state index in [1.165, 1.54) is 19.3 Å². The van der Waals surface area contributed by atoms with Crippen LogP contribution in [0.2, 0.25) is 0 Å². The zero-order valence-corrected chi connectivity index (χ0v) is 10.9. The fraction of sp³-hybridized carbons (Fsp3) is 0.533. The van der Waals surface area contributed by atoms with Crippen molar-refractivity contribution in [1.29, 1.82) is 0 Å². The number of carbonyl (C=O) groups is 1. The first kappa shape index (κ1) is 13.1. The number of nitrogens with one attached hydrogen (secondary N) is 1. The molecule has 0 radical (unpaired) electrons. The Bertz CT molecular complexity index is 393. The van der Waals surface area contributed by atoms with Crippen molar-refractivity contribution in [2.75, 3.05) is 6.54 Å². The Balaban J connectivity index is 2.01. The quantitative estimate of drug-likeness (QED) is 0.812. The number of rotatable bonds is 6. The van der Waals surface area contributed by atoms with E-state index in [9.17, 15) is 9.90 Å². The maximum atomic E-state index is 11.3. The first-order chi connectivity index (χ1) is 8.67. The van der Waals surface area contributed by atoms with Crippen molar-refractivity contribution in [1.82, 2.24) is 5.32 Å². The monoisotopic (exact) mass is 247 g/mol. The molecule has 1 atom stereocenters. The van der Waals surface area contributed by atoms with Gasteiger partial charge in [0.05, 0.1) is 0 Å². The van der Waals surface area contributed by atoms with Gasteiger partial charge < -0.3 is 10.4 Å². The number of benzene rings is 1. The Hall–Kier alpha value is -1.35. The summed E-state index contributed by atoms with van der Waals surface area (Å²) < 4.78 is 0. The lowest BCUT2D eigenvalue weighted by Crippen LogP contribution is -2.42. The van der Waals surface area contributed by atoms with E-state index in [4.69, 9.17) is 0 Å². The van der Waals surface area contributed by atoms with E-state index < -0.39 is 12.0 Å². The Morgan fingerprint density at radius 2 is 2.06 bits per heavy atom. The SMILES string of the molecule is CCC1(CNC(C(=O)O)c2ccccc2)CCC1. The summed E-state index contributed by atoms with van der Waals surface area (Å²) in [6.07, 6.45) is 4.84. The molecule has 2 rings (SSSR count). The second-order valence-electron chi connectivity index (χ2n) is 5.27. The summed E-state index contributed by atoms with van der Waals surface area (Å²) in [6, 6.07) is 8.81. The number of carboxylic acid groups (broad SMARTS) is 1. The standard InChI is InChI=1S/C15H21NO2/c1-2-15(9-6-10-15)11-16-13(14(17)18)12-7-4-3-5-8-12/h3-5,7-8,13,16H,2,6,9-11H2,1H3,(H,17,18). The lowest BCUT2D eigenvalue weighted by Gasteiger charge is -2.42. The van der Waals surface area contributed by atoms with Gasteiger partial charge in [0.25, 0.3) is 0 Å². The molecule has 0 aromatic heterocycles. The number of carboxylic acids is 1. The molecule has 0 saturated heterocycles. The van der Waals surface area contributed by atoms with E-state index in [1.54, 1.807) is 0 Å². The van der Waals surface area contributed by atoms with Gasteiger partial charge in [-0.15, -0.1) is 0 Å². The minimum absolute atomic E-state index is 0.336. The average Bonchev–Trinajstić information content (AvgIpc) is 2.33. The predicted octanol–water partition coefficient (Wildman–Crippen LogP) is 2.98. The van der Waals surface area contributed by atoms with Crippen molar-refractivity contribution in [3.63, 3.8) is 0 Å². The van der Waals surface area contributed by atoms with Gasteiger partial charge in [0.15, 0.2) is 0 Å². The molecule has 1 fully saturated rings. The third-order valence-corrected chi connectivity index (χ3v) is 4.23. The third kappa shape index (κ3) is 2.72. The molecule has 1 saturated carbocycles. The van der Waals surface area contributed by atoms with Crippen LogP contribution >= 0.6 is 0 Å². The van der Waals surface area contributed by atoms with Crippen molar-refractivity contribution >= 4 is 5.97 Å². The molecule has 1 aromatic carbocycles. The van der Waals surface area contributed by atoms with Gasteiger partial charge in [-0.3, -0.25) is 4.79 Å². The maximum absolute atomic E-state index is 11.3. The van der Waals surface area contributed by atoms with E-state index in [-0.39, 0.29) is 0 Å². The van der Waals surface area contributed by atoms with Crippen LogP contribution in [-0.2, 0) is 4.79 Å². The lowest BCUT2D eigenvalue weighted by molar-refractivity contribution is -0.139. The van der Waals surface area contributed by atoms with Gasteiger partial charge in [0.1, 0.15) is 6.04 Å². The highest BCUT2D eigenvalue weighted by molar-refractivity contribution is 5.75. The van der Waals surface area contributed by atoms with Crippen LogP contribution < -0.4 is 5.32 Å².